The molecular formula is C28H32O5. The number of aliphatic hydroxyl groups excluding tert-OH is 2. The first-order valence-corrected chi connectivity index (χ1v) is 11.4. The molecule has 0 bridgehead atoms. The highest BCUT2D eigenvalue weighted by molar-refractivity contribution is 5.69. The Morgan fingerprint density at radius 3 is 1.67 bits per heavy atom. The summed E-state index contributed by atoms with van der Waals surface area (Å²) < 4.78 is 11.5. The Hall–Kier alpha value is -2.99. The van der Waals surface area contributed by atoms with Gasteiger partial charge in [-0.2, -0.15) is 0 Å². The van der Waals surface area contributed by atoms with Crippen molar-refractivity contribution in [3.8, 4) is 0 Å². The smallest absolute Gasteiger partial charge is 0.308 e. The standard InChI is InChI=1S/C28H32O5/c1-2-32-27(31)21-26(30)20-25(29)18-19-33-28(22-12-6-3-7-13-22,23-14-8-4-9-15-23)24-16-10-5-11-17-24/h3-17,25-26,29-30H,2,18-21H2,1H3/t25-,26-/m1/s1. The predicted octanol–water partition coefficient (Wildman–Crippen LogP) is 4.45. The van der Waals surface area contributed by atoms with Gasteiger partial charge in [-0.15, -0.1) is 0 Å². The van der Waals surface area contributed by atoms with Gasteiger partial charge in [0.2, 0.25) is 0 Å². The Bertz CT molecular complexity index is 863. The van der Waals surface area contributed by atoms with Crippen LogP contribution in [0, 0.1) is 0 Å². The average Bonchev–Trinajstić information content (AvgIpc) is 2.83. The third-order valence-electron chi connectivity index (χ3n) is 5.56. The molecule has 3 rings (SSSR count). The Morgan fingerprint density at radius 2 is 1.24 bits per heavy atom. The highest BCUT2D eigenvalue weighted by Crippen LogP contribution is 2.40. The lowest BCUT2D eigenvalue weighted by atomic mass is 9.80. The van der Waals surface area contributed by atoms with Gasteiger partial charge in [-0.1, -0.05) is 91.0 Å². The fourth-order valence-electron chi connectivity index (χ4n) is 4.04. The summed E-state index contributed by atoms with van der Waals surface area (Å²) in [6.45, 7) is 2.24. The van der Waals surface area contributed by atoms with Crippen LogP contribution in [0.1, 0.15) is 42.9 Å². The Balaban J connectivity index is 1.81. The van der Waals surface area contributed by atoms with E-state index in [1.807, 2.05) is 91.0 Å². The molecule has 0 fully saturated rings. The van der Waals surface area contributed by atoms with Gasteiger partial charge < -0.3 is 19.7 Å². The molecule has 0 saturated heterocycles. The van der Waals surface area contributed by atoms with Crippen LogP contribution in [0.15, 0.2) is 91.0 Å². The summed E-state index contributed by atoms with van der Waals surface area (Å²) in [5.41, 5.74) is 2.10. The lowest BCUT2D eigenvalue weighted by Crippen LogP contribution is -2.34. The van der Waals surface area contributed by atoms with E-state index in [-0.39, 0.29) is 26.1 Å². The normalized spacial score (nSPS) is 13.3. The molecule has 0 aliphatic heterocycles. The van der Waals surface area contributed by atoms with Crippen molar-refractivity contribution in [1.82, 2.24) is 0 Å². The third-order valence-corrected chi connectivity index (χ3v) is 5.56. The number of ether oxygens (including phenoxy) is 2. The van der Waals surface area contributed by atoms with Crippen LogP contribution in [-0.2, 0) is 19.9 Å². The number of hydrogen-bond donors (Lipinski definition) is 2. The van der Waals surface area contributed by atoms with Gasteiger partial charge in [-0.25, -0.2) is 0 Å². The van der Waals surface area contributed by atoms with Gasteiger partial charge in [0.25, 0.3) is 0 Å². The van der Waals surface area contributed by atoms with E-state index in [4.69, 9.17) is 9.47 Å². The van der Waals surface area contributed by atoms with Crippen molar-refractivity contribution in [1.29, 1.82) is 0 Å². The summed E-state index contributed by atoms with van der Waals surface area (Å²) >= 11 is 0. The number of esters is 1. The van der Waals surface area contributed by atoms with E-state index in [2.05, 4.69) is 0 Å². The first kappa shape index (κ1) is 24.6. The van der Waals surface area contributed by atoms with Crippen LogP contribution >= 0.6 is 0 Å². The van der Waals surface area contributed by atoms with Crippen molar-refractivity contribution >= 4 is 5.97 Å². The summed E-state index contributed by atoms with van der Waals surface area (Å²) in [4.78, 5) is 11.6. The Kier molecular flexibility index (Phi) is 9.19. The molecule has 0 amide bonds. The van der Waals surface area contributed by atoms with Crippen LogP contribution in [-0.4, -0.2) is 41.6 Å². The van der Waals surface area contributed by atoms with Crippen LogP contribution < -0.4 is 0 Å². The second kappa shape index (κ2) is 12.3. The summed E-state index contributed by atoms with van der Waals surface area (Å²) in [5, 5.41) is 20.6. The summed E-state index contributed by atoms with van der Waals surface area (Å²) in [7, 11) is 0. The molecule has 0 saturated carbocycles. The van der Waals surface area contributed by atoms with E-state index in [1.54, 1.807) is 6.92 Å². The van der Waals surface area contributed by atoms with E-state index >= 15 is 0 Å². The fourth-order valence-corrected chi connectivity index (χ4v) is 4.04. The van der Waals surface area contributed by atoms with Crippen molar-refractivity contribution in [2.75, 3.05) is 13.2 Å². The van der Waals surface area contributed by atoms with Crippen molar-refractivity contribution < 1.29 is 24.5 Å². The first-order valence-electron chi connectivity index (χ1n) is 11.4. The largest absolute Gasteiger partial charge is 0.466 e. The number of carbonyl (C=O) groups excluding carboxylic acids is 1. The topological polar surface area (TPSA) is 76.0 Å². The predicted molar refractivity (Wildman–Crippen MR) is 128 cm³/mol. The SMILES string of the molecule is CCOC(=O)C[C@H](O)C[C@H](O)CCOC(c1ccccc1)(c1ccccc1)c1ccccc1. The molecular weight excluding hydrogens is 416 g/mol. The minimum Gasteiger partial charge on any atom is -0.466 e. The van der Waals surface area contributed by atoms with Gasteiger partial charge in [0.05, 0.1) is 31.8 Å². The number of rotatable bonds is 12. The Labute approximate surface area is 195 Å². The van der Waals surface area contributed by atoms with Crippen molar-refractivity contribution in [3.63, 3.8) is 0 Å². The van der Waals surface area contributed by atoms with Crippen LogP contribution in [0.3, 0.4) is 0 Å². The zero-order valence-electron chi connectivity index (χ0n) is 19.0. The van der Waals surface area contributed by atoms with Gasteiger partial charge in [0.1, 0.15) is 5.60 Å². The highest BCUT2D eigenvalue weighted by atomic mass is 16.5. The van der Waals surface area contributed by atoms with Crippen molar-refractivity contribution in [2.45, 2.75) is 44.0 Å². The molecule has 0 unspecified atom stereocenters. The van der Waals surface area contributed by atoms with Crippen LogP contribution in [0.25, 0.3) is 0 Å². The number of benzene rings is 3. The average molecular weight is 449 g/mol. The lowest BCUT2D eigenvalue weighted by Gasteiger charge is -2.36. The third kappa shape index (κ3) is 6.51. The maximum atomic E-state index is 11.6. The maximum Gasteiger partial charge on any atom is 0.308 e. The molecule has 0 radical (unpaired) electrons. The lowest BCUT2D eigenvalue weighted by molar-refractivity contribution is -0.145. The molecule has 2 N–H and O–H groups in total. The van der Waals surface area contributed by atoms with Gasteiger partial charge in [0, 0.05) is 0 Å². The minimum absolute atomic E-state index is 0.0805. The molecule has 5 nitrogen and oxygen atoms in total. The molecule has 174 valence electrons. The maximum absolute atomic E-state index is 11.6. The fraction of sp³-hybridized carbons (Fsp3) is 0.321. The van der Waals surface area contributed by atoms with E-state index < -0.39 is 23.8 Å². The monoisotopic (exact) mass is 448 g/mol. The molecule has 0 spiro atoms. The quantitative estimate of drug-likeness (QED) is 0.316. The zero-order chi connectivity index (χ0) is 23.5. The molecule has 3 aromatic carbocycles. The zero-order valence-corrected chi connectivity index (χ0v) is 19.0. The summed E-state index contributed by atoms with van der Waals surface area (Å²) in [6, 6.07) is 30.1. The molecule has 33 heavy (non-hydrogen) atoms. The molecule has 0 aliphatic carbocycles. The van der Waals surface area contributed by atoms with Crippen LogP contribution in [0.4, 0.5) is 0 Å². The molecule has 2 atom stereocenters. The van der Waals surface area contributed by atoms with E-state index in [1.165, 1.54) is 0 Å². The first-order chi connectivity index (χ1) is 16.1. The molecule has 0 heterocycles. The molecule has 0 aromatic heterocycles. The summed E-state index contributed by atoms with van der Waals surface area (Å²) in [5.74, 6) is -0.468. The van der Waals surface area contributed by atoms with Gasteiger partial charge in [-0.3, -0.25) is 4.79 Å². The van der Waals surface area contributed by atoms with Crippen LogP contribution in [0.5, 0.6) is 0 Å². The van der Waals surface area contributed by atoms with E-state index in [0.29, 0.717) is 6.42 Å². The number of carbonyl (C=O) groups is 1. The second-order valence-corrected chi connectivity index (χ2v) is 7.97. The van der Waals surface area contributed by atoms with Crippen molar-refractivity contribution in [2.24, 2.45) is 0 Å². The summed E-state index contributed by atoms with van der Waals surface area (Å²) in [6.07, 6.45) is -1.50. The number of hydrogen-bond acceptors (Lipinski definition) is 5. The van der Waals surface area contributed by atoms with Gasteiger partial charge >= 0.3 is 5.97 Å². The van der Waals surface area contributed by atoms with Gasteiger partial charge in [-0.05, 0) is 36.5 Å². The van der Waals surface area contributed by atoms with Crippen LogP contribution in [0.2, 0.25) is 0 Å². The molecule has 5 heteroatoms. The number of aliphatic hydroxyl groups is 2. The van der Waals surface area contributed by atoms with E-state index in [0.717, 1.165) is 16.7 Å². The Morgan fingerprint density at radius 1 is 0.788 bits per heavy atom. The minimum atomic E-state index is -0.957. The van der Waals surface area contributed by atoms with Gasteiger partial charge in [0.15, 0.2) is 0 Å². The van der Waals surface area contributed by atoms with Crippen molar-refractivity contribution in [3.05, 3.63) is 108 Å². The highest BCUT2D eigenvalue weighted by Gasteiger charge is 2.37. The molecule has 0 aliphatic rings. The van der Waals surface area contributed by atoms with E-state index in [9.17, 15) is 15.0 Å². The molecule has 3 aromatic rings. The second-order valence-electron chi connectivity index (χ2n) is 7.97.